The zero-order valence-electron chi connectivity index (χ0n) is 19.2. The van der Waals surface area contributed by atoms with E-state index < -0.39 is 17.9 Å². The normalized spacial score (nSPS) is 14.4. The van der Waals surface area contributed by atoms with E-state index in [1.165, 1.54) is 7.11 Å². The van der Waals surface area contributed by atoms with E-state index in [2.05, 4.69) is 6.07 Å². The molecule has 0 aromatic heterocycles. The van der Waals surface area contributed by atoms with Gasteiger partial charge in [-0.1, -0.05) is 54.6 Å². The predicted octanol–water partition coefficient (Wildman–Crippen LogP) is 5.06. The summed E-state index contributed by atoms with van der Waals surface area (Å²) in [4.78, 5) is 24.8. The van der Waals surface area contributed by atoms with Crippen LogP contribution in [0.4, 0.5) is 0 Å². The second-order valence-corrected chi connectivity index (χ2v) is 8.15. The average molecular weight is 476 g/mol. The van der Waals surface area contributed by atoms with E-state index in [9.17, 15) is 14.9 Å². The third kappa shape index (κ3) is 4.01. The summed E-state index contributed by atoms with van der Waals surface area (Å²) in [5.41, 5.74) is 8.59. The molecule has 2 N–H and O–H groups in total. The minimum atomic E-state index is -0.520. The number of ether oxygens (including phenoxy) is 3. The van der Waals surface area contributed by atoms with E-state index in [0.29, 0.717) is 22.4 Å². The van der Waals surface area contributed by atoms with Crippen LogP contribution in [0.5, 0.6) is 11.5 Å². The lowest BCUT2D eigenvalue weighted by molar-refractivity contribution is 0.0600. The number of nitrogens with zero attached hydrogens (tertiary/aromatic N) is 1. The third-order valence-electron chi connectivity index (χ3n) is 6.08. The number of nitrogens with two attached hydrogens (primary N) is 1. The highest BCUT2D eigenvalue weighted by atomic mass is 16.5. The molecule has 0 radical (unpaired) electrons. The molecule has 1 unspecified atom stereocenters. The molecular weight excluding hydrogens is 456 g/mol. The van der Waals surface area contributed by atoms with Crippen LogP contribution in [-0.2, 0) is 4.74 Å². The second kappa shape index (κ2) is 9.28. The van der Waals surface area contributed by atoms with Crippen molar-refractivity contribution in [3.05, 3.63) is 119 Å². The molecule has 0 bridgehead atoms. The SMILES string of the molecule is COC(=O)c1ccc(C2C(C#N)=C(N)Oc3cc(OC(=O)c4cccc5ccccc45)ccc32)cc1. The van der Waals surface area contributed by atoms with Gasteiger partial charge in [0, 0.05) is 11.6 Å². The van der Waals surface area contributed by atoms with Crippen molar-refractivity contribution >= 4 is 22.7 Å². The first kappa shape index (κ1) is 22.7. The van der Waals surface area contributed by atoms with Gasteiger partial charge in [-0.3, -0.25) is 0 Å². The Balaban J connectivity index is 1.48. The third-order valence-corrected chi connectivity index (χ3v) is 6.08. The monoisotopic (exact) mass is 476 g/mol. The van der Waals surface area contributed by atoms with Gasteiger partial charge in [0.2, 0.25) is 5.88 Å². The van der Waals surface area contributed by atoms with Crippen LogP contribution in [0.3, 0.4) is 0 Å². The molecule has 1 aliphatic heterocycles. The summed E-state index contributed by atoms with van der Waals surface area (Å²) in [5, 5.41) is 11.5. The Morgan fingerprint density at radius 3 is 2.44 bits per heavy atom. The number of carbonyl (C=O) groups excluding carboxylic acids is 2. The maximum Gasteiger partial charge on any atom is 0.344 e. The van der Waals surface area contributed by atoms with Crippen molar-refractivity contribution in [1.82, 2.24) is 0 Å². The number of esters is 2. The molecule has 1 heterocycles. The predicted molar refractivity (Wildman–Crippen MR) is 132 cm³/mol. The van der Waals surface area contributed by atoms with E-state index in [1.54, 1.807) is 54.6 Å². The van der Waals surface area contributed by atoms with E-state index in [-0.39, 0.29) is 17.2 Å². The Bertz CT molecular complexity index is 1580. The quantitative estimate of drug-likeness (QED) is 0.323. The molecule has 7 heteroatoms. The van der Waals surface area contributed by atoms with Gasteiger partial charge in [-0.15, -0.1) is 0 Å². The molecular formula is C29H20N2O5. The van der Waals surface area contributed by atoms with Gasteiger partial charge in [0.25, 0.3) is 0 Å². The van der Waals surface area contributed by atoms with Crippen molar-refractivity contribution in [2.75, 3.05) is 7.11 Å². The molecule has 0 fully saturated rings. The van der Waals surface area contributed by atoms with Crippen LogP contribution in [-0.4, -0.2) is 19.0 Å². The molecule has 4 aromatic carbocycles. The topological polar surface area (TPSA) is 112 Å². The lowest BCUT2D eigenvalue weighted by atomic mass is 9.83. The van der Waals surface area contributed by atoms with Crippen molar-refractivity contribution in [2.24, 2.45) is 5.73 Å². The summed E-state index contributed by atoms with van der Waals surface area (Å²) in [6.07, 6.45) is 0. The number of benzene rings is 4. The fraction of sp³-hybridized carbons (Fsp3) is 0.0690. The lowest BCUT2D eigenvalue weighted by Crippen LogP contribution is -2.21. The van der Waals surface area contributed by atoms with Gasteiger partial charge in [-0.05, 0) is 40.6 Å². The van der Waals surface area contributed by atoms with Crippen molar-refractivity contribution < 1.29 is 23.8 Å². The van der Waals surface area contributed by atoms with Crippen LogP contribution < -0.4 is 15.2 Å². The maximum absolute atomic E-state index is 13.0. The summed E-state index contributed by atoms with van der Waals surface area (Å²) < 4.78 is 16.2. The van der Waals surface area contributed by atoms with E-state index in [0.717, 1.165) is 16.3 Å². The summed E-state index contributed by atoms with van der Waals surface area (Å²) in [6, 6.07) is 26.9. The highest BCUT2D eigenvalue weighted by molar-refractivity contribution is 6.05. The average Bonchev–Trinajstić information content (AvgIpc) is 2.91. The van der Waals surface area contributed by atoms with Crippen LogP contribution in [0.25, 0.3) is 10.8 Å². The Morgan fingerprint density at radius 1 is 0.944 bits per heavy atom. The number of fused-ring (bicyclic) bond motifs is 2. The summed E-state index contributed by atoms with van der Waals surface area (Å²) in [6.45, 7) is 0. The molecule has 1 atom stereocenters. The van der Waals surface area contributed by atoms with E-state index >= 15 is 0 Å². The number of nitriles is 1. The van der Waals surface area contributed by atoms with Crippen molar-refractivity contribution in [3.63, 3.8) is 0 Å². The Kier molecular flexibility index (Phi) is 5.85. The fourth-order valence-corrected chi connectivity index (χ4v) is 4.34. The molecule has 176 valence electrons. The first-order valence-corrected chi connectivity index (χ1v) is 11.1. The van der Waals surface area contributed by atoms with Gasteiger partial charge in [-0.2, -0.15) is 5.26 Å². The van der Waals surface area contributed by atoms with Crippen LogP contribution in [0.15, 0.2) is 96.4 Å². The highest BCUT2D eigenvalue weighted by Gasteiger charge is 2.31. The minimum Gasteiger partial charge on any atom is -0.465 e. The zero-order chi connectivity index (χ0) is 25.2. The Hall–Kier alpha value is -5.09. The molecule has 0 amide bonds. The lowest BCUT2D eigenvalue weighted by Gasteiger charge is -2.26. The first-order chi connectivity index (χ1) is 17.5. The molecule has 5 rings (SSSR count). The molecule has 0 saturated heterocycles. The van der Waals surface area contributed by atoms with Crippen molar-refractivity contribution in [2.45, 2.75) is 5.92 Å². The number of carbonyl (C=O) groups is 2. The molecule has 0 saturated carbocycles. The number of hydrogen-bond acceptors (Lipinski definition) is 7. The van der Waals surface area contributed by atoms with Gasteiger partial charge >= 0.3 is 11.9 Å². The zero-order valence-corrected chi connectivity index (χ0v) is 19.2. The van der Waals surface area contributed by atoms with Crippen LogP contribution in [0.2, 0.25) is 0 Å². The number of rotatable bonds is 4. The van der Waals surface area contributed by atoms with E-state index in [1.807, 2.05) is 30.3 Å². The van der Waals surface area contributed by atoms with Gasteiger partial charge in [0.05, 0.1) is 24.2 Å². The largest absolute Gasteiger partial charge is 0.465 e. The molecule has 7 nitrogen and oxygen atoms in total. The van der Waals surface area contributed by atoms with Crippen LogP contribution in [0.1, 0.15) is 37.8 Å². The first-order valence-electron chi connectivity index (χ1n) is 11.1. The molecule has 0 spiro atoms. The smallest absolute Gasteiger partial charge is 0.344 e. The van der Waals surface area contributed by atoms with Gasteiger partial charge in [0.1, 0.15) is 23.1 Å². The number of hydrogen-bond donors (Lipinski definition) is 1. The van der Waals surface area contributed by atoms with Crippen molar-refractivity contribution in [1.29, 1.82) is 5.26 Å². The summed E-state index contributed by atoms with van der Waals surface area (Å²) >= 11 is 0. The van der Waals surface area contributed by atoms with Crippen LogP contribution >= 0.6 is 0 Å². The molecule has 36 heavy (non-hydrogen) atoms. The van der Waals surface area contributed by atoms with Gasteiger partial charge in [0.15, 0.2) is 0 Å². The Morgan fingerprint density at radius 2 is 1.69 bits per heavy atom. The fourth-order valence-electron chi connectivity index (χ4n) is 4.34. The van der Waals surface area contributed by atoms with Crippen molar-refractivity contribution in [3.8, 4) is 17.6 Å². The molecule has 0 aliphatic carbocycles. The standard InChI is InChI=1S/C29H20N2O5/c1-34-28(32)19-11-9-18(10-12-19)26-23-14-13-20(15-25(23)36-27(31)24(26)16-30)35-29(33)22-8-4-6-17-5-2-3-7-21(17)22/h2-15,26H,31H2,1H3. The summed E-state index contributed by atoms with van der Waals surface area (Å²) in [7, 11) is 1.31. The second-order valence-electron chi connectivity index (χ2n) is 8.15. The minimum absolute atomic E-state index is 0.0374. The summed E-state index contributed by atoms with van der Waals surface area (Å²) in [5.74, 6) is -0.866. The highest BCUT2D eigenvalue weighted by Crippen LogP contribution is 2.43. The van der Waals surface area contributed by atoms with Crippen LogP contribution in [0, 0.1) is 11.3 Å². The number of allylic oxidation sites excluding steroid dienone is 1. The Labute approximate surface area is 206 Å². The van der Waals surface area contributed by atoms with Gasteiger partial charge in [-0.25, -0.2) is 9.59 Å². The molecule has 4 aromatic rings. The number of methoxy groups -OCH3 is 1. The van der Waals surface area contributed by atoms with E-state index in [4.69, 9.17) is 19.9 Å². The maximum atomic E-state index is 13.0. The van der Waals surface area contributed by atoms with Gasteiger partial charge < -0.3 is 19.9 Å². The molecule has 1 aliphatic rings.